The number of aromatic nitrogens is 2. The number of nitrogens with zero attached hydrogens (tertiary/aromatic N) is 2. The minimum absolute atomic E-state index is 0.403. The fourth-order valence-electron chi connectivity index (χ4n) is 1.97. The summed E-state index contributed by atoms with van der Waals surface area (Å²) in [5.74, 6) is 1.31. The van der Waals surface area contributed by atoms with Gasteiger partial charge in [0.05, 0.1) is 11.0 Å². The lowest BCUT2D eigenvalue weighted by atomic mass is 10.0. The predicted octanol–water partition coefficient (Wildman–Crippen LogP) is 2.24. The molecule has 1 atom stereocenters. The van der Waals surface area contributed by atoms with E-state index in [4.69, 9.17) is 4.74 Å². The lowest BCUT2D eigenvalue weighted by Crippen LogP contribution is -2.35. The molecule has 0 aliphatic rings. The molecule has 0 amide bonds. The Morgan fingerprint density at radius 2 is 2.19 bits per heavy atom. The molecule has 0 saturated carbocycles. The summed E-state index contributed by atoms with van der Waals surface area (Å²) >= 11 is 1.63. The van der Waals surface area contributed by atoms with Gasteiger partial charge in [-0.15, -0.1) is 11.3 Å². The maximum absolute atomic E-state index is 10.3. The van der Waals surface area contributed by atoms with Crippen molar-refractivity contribution in [3.63, 3.8) is 0 Å². The second-order valence-corrected chi connectivity index (χ2v) is 6.55. The van der Waals surface area contributed by atoms with E-state index in [0.717, 1.165) is 16.0 Å². The SMILES string of the molecule is CNc1nc(NCC(C)(O)CCOC)c2cc(C)sc2n1. The third-order valence-corrected chi connectivity index (χ3v) is 4.17. The van der Waals surface area contributed by atoms with Crippen molar-refractivity contribution in [1.82, 2.24) is 9.97 Å². The maximum Gasteiger partial charge on any atom is 0.225 e. The minimum Gasteiger partial charge on any atom is -0.388 e. The van der Waals surface area contributed by atoms with E-state index in [1.54, 1.807) is 32.4 Å². The molecule has 0 aliphatic heterocycles. The molecule has 2 aromatic heterocycles. The van der Waals surface area contributed by atoms with E-state index in [9.17, 15) is 5.11 Å². The standard InChI is InChI=1S/C14H22N4O2S/c1-9-7-10-11(16-8-14(2,19)5-6-20-4)17-13(15-3)18-12(10)21-9/h7,19H,5-6,8H2,1-4H3,(H2,15,16,17,18). The highest BCUT2D eigenvalue weighted by molar-refractivity contribution is 7.18. The van der Waals surface area contributed by atoms with Crippen molar-refractivity contribution in [2.24, 2.45) is 0 Å². The number of aliphatic hydroxyl groups is 1. The number of nitrogens with one attached hydrogen (secondary N) is 2. The van der Waals surface area contributed by atoms with Crippen molar-refractivity contribution in [2.75, 3.05) is 37.9 Å². The van der Waals surface area contributed by atoms with Crippen LogP contribution in [0, 0.1) is 6.92 Å². The third-order valence-electron chi connectivity index (χ3n) is 3.22. The Bertz CT molecular complexity index is 612. The van der Waals surface area contributed by atoms with Crippen molar-refractivity contribution in [2.45, 2.75) is 25.9 Å². The zero-order valence-corrected chi connectivity index (χ0v) is 13.7. The van der Waals surface area contributed by atoms with Gasteiger partial charge in [0, 0.05) is 38.6 Å². The lowest BCUT2D eigenvalue weighted by Gasteiger charge is -2.23. The summed E-state index contributed by atoms with van der Waals surface area (Å²) in [4.78, 5) is 11.0. The summed E-state index contributed by atoms with van der Waals surface area (Å²) in [6.45, 7) is 4.76. The predicted molar refractivity (Wildman–Crippen MR) is 87.3 cm³/mol. The van der Waals surface area contributed by atoms with Crippen LogP contribution in [0.25, 0.3) is 10.2 Å². The molecular weight excluding hydrogens is 288 g/mol. The molecule has 0 spiro atoms. The van der Waals surface area contributed by atoms with Gasteiger partial charge in [-0.25, -0.2) is 4.98 Å². The van der Waals surface area contributed by atoms with E-state index in [1.807, 2.05) is 6.92 Å². The molecule has 0 fully saturated rings. The van der Waals surface area contributed by atoms with Crippen molar-refractivity contribution in [3.05, 3.63) is 10.9 Å². The molecule has 2 rings (SSSR count). The topological polar surface area (TPSA) is 79.3 Å². The number of hydrogen-bond donors (Lipinski definition) is 3. The van der Waals surface area contributed by atoms with Gasteiger partial charge in [0.1, 0.15) is 10.6 Å². The van der Waals surface area contributed by atoms with Crippen LogP contribution in [0.15, 0.2) is 6.07 Å². The smallest absolute Gasteiger partial charge is 0.225 e. The molecule has 21 heavy (non-hydrogen) atoms. The van der Waals surface area contributed by atoms with Crippen molar-refractivity contribution >= 4 is 33.3 Å². The second-order valence-electron chi connectivity index (χ2n) is 5.31. The van der Waals surface area contributed by atoms with E-state index in [2.05, 4.69) is 26.7 Å². The molecule has 1 unspecified atom stereocenters. The average Bonchev–Trinajstić information content (AvgIpc) is 2.82. The van der Waals surface area contributed by atoms with Crippen LogP contribution >= 0.6 is 11.3 Å². The zero-order chi connectivity index (χ0) is 15.5. The second kappa shape index (κ2) is 6.55. The molecule has 2 aromatic rings. The van der Waals surface area contributed by atoms with Crippen LogP contribution in [0.1, 0.15) is 18.2 Å². The van der Waals surface area contributed by atoms with Crippen LogP contribution < -0.4 is 10.6 Å². The van der Waals surface area contributed by atoms with Crippen molar-refractivity contribution in [1.29, 1.82) is 0 Å². The highest BCUT2D eigenvalue weighted by Gasteiger charge is 2.21. The number of fused-ring (bicyclic) bond motifs is 1. The van der Waals surface area contributed by atoms with Gasteiger partial charge >= 0.3 is 0 Å². The number of methoxy groups -OCH3 is 1. The fraction of sp³-hybridized carbons (Fsp3) is 0.571. The third kappa shape index (κ3) is 4.03. The summed E-state index contributed by atoms with van der Waals surface area (Å²) in [5.41, 5.74) is -0.849. The van der Waals surface area contributed by atoms with Gasteiger partial charge in [0.25, 0.3) is 0 Å². The van der Waals surface area contributed by atoms with Gasteiger partial charge < -0.3 is 20.5 Å². The molecule has 7 heteroatoms. The van der Waals surface area contributed by atoms with E-state index in [1.165, 1.54) is 4.88 Å². The summed E-state index contributed by atoms with van der Waals surface area (Å²) in [5, 5.41) is 17.5. The Hall–Kier alpha value is -1.44. The molecule has 0 saturated heterocycles. The summed E-state index contributed by atoms with van der Waals surface area (Å²) in [6, 6.07) is 2.06. The Balaban J connectivity index is 2.20. The molecule has 2 heterocycles. The quantitative estimate of drug-likeness (QED) is 0.728. The summed E-state index contributed by atoms with van der Waals surface area (Å²) < 4.78 is 5.02. The Morgan fingerprint density at radius 3 is 2.86 bits per heavy atom. The van der Waals surface area contributed by atoms with Crippen LogP contribution in [-0.2, 0) is 4.74 Å². The highest BCUT2D eigenvalue weighted by Crippen LogP contribution is 2.29. The molecular formula is C14H22N4O2S. The summed E-state index contributed by atoms with van der Waals surface area (Å²) in [7, 11) is 3.42. The van der Waals surface area contributed by atoms with E-state index < -0.39 is 5.60 Å². The van der Waals surface area contributed by atoms with Gasteiger partial charge in [0.2, 0.25) is 5.95 Å². The zero-order valence-electron chi connectivity index (χ0n) is 12.9. The Morgan fingerprint density at radius 1 is 1.43 bits per heavy atom. The van der Waals surface area contributed by atoms with Gasteiger partial charge in [-0.05, 0) is 19.9 Å². The number of anilines is 2. The first kappa shape index (κ1) is 15.9. The van der Waals surface area contributed by atoms with Crippen LogP contribution in [0.4, 0.5) is 11.8 Å². The van der Waals surface area contributed by atoms with Crippen molar-refractivity contribution in [3.8, 4) is 0 Å². The monoisotopic (exact) mass is 310 g/mol. The van der Waals surface area contributed by atoms with Crippen LogP contribution in [-0.4, -0.2) is 48.0 Å². The molecule has 0 aromatic carbocycles. The molecule has 6 nitrogen and oxygen atoms in total. The number of aryl methyl sites for hydroxylation is 1. The van der Waals surface area contributed by atoms with E-state index in [0.29, 0.717) is 25.5 Å². The van der Waals surface area contributed by atoms with Gasteiger partial charge in [-0.1, -0.05) is 0 Å². The number of ether oxygens (including phenoxy) is 1. The number of hydrogen-bond acceptors (Lipinski definition) is 7. The molecule has 0 aliphatic carbocycles. The average molecular weight is 310 g/mol. The normalized spacial score (nSPS) is 14.1. The van der Waals surface area contributed by atoms with Gasteiger partial charge in [0.15, 0.2) is 0 Å². The lowest BCUT2D eigenvalue weighted by molar-refractivity contribution is 0.0357. The first-order chi connectivity index (χ1) is 9.95. The van der Waals surface area contributed by atoms with Crippen LogP contribution in [0.3, 0.4) is 0 Å². The van der Waals surface area contributed by atoms with E-state index >= 15 is 0 Å². The Labute approximate surface area is 128 Å². The largest absolute Gasteiger partial charge is 0.388 e. The number of rotatable bonds is 7. The summed E-state index contributed by atoms with van der Waals surface area (Å²) in [6.07, 6.45) is 0.562. The van der Waals surface area contributed by atoms with Crippen LogP contribution in [0.2, 0.25) is 0 Å². The minimum atomic E-state index is -0.849. The highest BCUT2D eigenvalue weighted by atomic mass is 32.1. The Kier molecular flexibility index (Phi) is 4.97. The van der Waals surface area contributed by atoms with E-state index in [-0.39, 0.29) is 0 Å². The maximum atomic E-state index is 10.3. The van der Waals surface area contributed by atoms with Gasteiger partial charge in [-0.3, -0.25) is 0 Å². The fourth-order valence-corrected chi connectivity index (χ4v) is 2.85. The molecule has 0 bridgehead atoms. The van der Waals surface area contributed by atoms with Crippen molar-refractivity contribution < 1.29 is 9.84 Å². The van der Waals surface area contributed by atoms with Gasteiger partial charge in [-0.2, -0.15) is 4.98 Å². The first-order valence-electron chi connectivity index (χ1n) is 6.86. The number of thiophene rings is 1. The molecule has 3 N–H and O–H groups in total. The first-order valence-corrected chi connectivity index (χ1v) is 7.68. The molecule has 116 valence electrons. The van der Waals surface area contributed by atoms with Crippen LogP contribution in [0.5, 0.6) is 0 Å². The molecule has 0 radical (unpaired) electrons.